The zero-order valence-corrected chi connectivity index (χ0v) is 7.90. The summed E-state index contributed by atoms with van der Waals surface area (Å²) in [6.07, 6.45) is 5.68. The second-order valence-corrected chi connectivity index (χ2v) is 2.99. The number of Topliss-reactive ketones (excluding diaryl/α,β-unsaturated/α-hetero) is 1. The quantitative estimate of drug-likeness (QED) is 0.654. The molecule has 0 aromatic carbocycles. The molecule has 0 bridgehead atoms. The first-order valence-electron chi connectivity index (χ1n) is 4.13. The van der Waals surface area contributed by atoms with Gasteiger partial charge in [-0.25, -0.2) is 4.98 Å². The highest BCUT2D eigenvalue weighted by molar-refractivity contribution is 5.99. The van der Waals surface area contributed by atoms with Gasteiger partial charge in [0.25, 0.3) is 0 Å². The van der Waals surface area contributed by atoms with Crippen molar-refractivity contribution >= 4 is 11.5 Å². The van der Waals surface area contributed by atoms with Crippen molar-refractivity contribution in [1.82, 2.24) is 9.55 Å². The van der Waals surface area contributed by atoms with Gasteiger partial charge in [-0.1, -0.05) is 0 Å². The van der Waals surface area contributed by atoms with E-state index >= 15 is 0 Å². The summed E-state index contributed by atoms with van der Waals surface area (Å²) in [5, 5.41) is 0. The Morgan fingerprint density at radius 3 is 2.85 bits per heavy atom. The number of hydrogen-bond acceptors (Lipinski definition) is 3. The van der Waals surface area contributed by atoms with Gasteiger partial charge in [-0.15, -0.1) is 0 Å². The largest absolute Gasteiger partial charge is 0.317 e. The molecule has 4 heteroatoms. The van der Waals surface area contributed by atoms with Crippen LogP contribution in [0.3, 0.4) is 0 Å². The van der Waals surface area contributed by atoms with Crippen molar-refractivity contribution in [3.05, 3.63) is 18.7 Å². The summed E-state index contributed by atoms with van der Waals surface area (Å²) in [7, 11) is 0. The minimum absolute atomic E-state index is 0.145. The van der Waals surface area contributed by atoms with Crippen LogP contribution < -0.4 is 0 Å². The molecule has 0 aliphatic heterocycles. The van der Waals surface area contributed by atoms with E-state index in [0.29, 0.717) is 13.1 Å². The van der Waals surface area contributed by atoms with Crippen LogP contribution in [0, 0.1) is 0 Å². The molecule has 0 fully saturated rings. The van der Waals surface area contributed by atoms with Gasteiger partial charge < -0.3 is 4.57 Å². The minimum Gasteiger partial charge on any atom is -0.317 e. The number of rotatable bonds is 4. The Hall–Kier alpha value is -1.45. The van der Waals surface area contributed by atoms with Crippen LogP contribution in [0.4, 0.5) is 0 Å². The molecule has 0 amide bonds. The second kappa shape index (κ2) is 4.54. The fourth-order valence-corrected chi connectivity index (χ4v) is 0.989. The average Bonchev–Trinajstić information content (AvgIpc) is 2.51. The van der Waals surface area contributed by atoms with E-state index < -0.39 is 0 Å². The summed E-state index contributed by atoms with van der Waals surface area (Å²) in [5.41, 5.74) is 0.862. The van der Waals surface area contributed by atoms with Crippen molar-refractivity contribution < 1.29 is 4.79 Å². The second-order valence-electron chi connectivity index (χ2n) is 2.99. The maximum Gasteiger partial charge on any atom is 0.135 e. The van der Waals surface area contributed by atoms with Crippen molar-refractivity contribution in [1.29, 1.82) is 0 Å². The summed E-state index contributed by atoms with van der Waals surface area (Å²) < 4.78 is 1.85. The van der Waals surface area contributed by atoms with Crippen molar-refractivity contribution in [3.8, 4) is 0 Å². The van der Waals surface area contributed by atoms with Gasteiger partial charge in [0, 0.05) is 24.5 Å². The van der Waals surface area contributed by atoms with Gasteiger partial charge >= 0.3 is 0 Å². The smallest absolute Gasteiger partial charge is 0.135 e. The molecule has 13 heavy (non-hydrogen) atoms. The number of nitrogens with zero attached hydrogens (tertiary/aromatic N) is 3. The normalized spacial score (nSPS) is 11.7. The zero-order valence-electron chi connectivity index (χ0n) is 7.90. The topological polar surface area (TPSA) is 47.2 Å². The Bertz CT molecular complexity index is 301. The van der Waals surface area contributed by atoms with Gasteiger partial charge in [0.2, 0.25) is 0 Å². The van der Waals surface area contributed by atoms with E-state index in [1.807, 2.05) is 17.7 Å². The molecule has 0 radical (unpaired) electrons. The predicted octanol–water partition coefficient (Wildman–Crippen LogP) is 1.28. The van der Waals surface area contributed by atoms with Crippen molar-refractivity contribution in [2.24, 2.45) is 4.99 Å². The summed E-state index contributed by atoms with van der Waals surface area (Å²) in [6.45, 7) is 3.97. The Kier molecular flexibility index (Phi) is 3.37. The van der Waals surface area contributed by atoms with E-state index in [2.05, 4.69) is 9.98 Å². The van der Waals surface area contributed by atoms with E-state index in [9.17, 15) is 4.79 Å². The van der Waals surface area contributed by atoms with Crippen LogP contribution in [0.15, 0.2) is 23.7 Å². The molecular weight excluding hydrogens is 166 g/mol. The first kappa shape index (κ1) is 9.64. The molecular formula is C9H13N3O. The maximum atomic E-state index is 10.7. The van der Waals surface area contributed by atoms with Gasteiger partial charge in [-0.3, -0.25) is 9.79 Å². The Morgan fingerprint density at radius 1 is 1.54 bits per heavy atom. The molecule has 0 unspecified atom stereocenters. The average molecular weight is 179 g/mol. The van der Waals surface area contributed by atoms with Gasteiger partial charge in [0.15, 0.2) is 0 Å². The number of aliphatic imine (C=N–C) groups is 1. The summed E-state index contributed by atoms with van der Waals surface area (Å²) >= 11 is 0. The Balaban J connectivity index is 2.43. The fraction of sp³-hybridized carbons (Fsp3) is 0.444. The van der Waals surface area contributed by atoms with Gasteiger partial charge in [-0.2, -0.15) is 0 Å². The molecule has 0 atom stereocenters. The number of aromatic nitrogens is 2. The highest BCUT2D eigenvalue weighted by Gasteiger charge is 1.95. The maximum absolute atomic E-state index is 10.7. The molecule has 1 heterocycles. The first-order chi connectivity index (χ1) is 6.18. The van der Waals surface area contributed by atoms with Gasteiger partial charge in [-0.05, 0) is 13.8 Å². The molecule has 1 rings (SSSR count). The third-order valence-corrected chi connectivity index (χ3v) is 1.57. The highest BCUT2D eigenvalue weighted by Crippen LogP contribution is 1.92. The molecule has 70 valence electrons. The molecule has 0 aliphatic carbocycles. The number of hydrogen-bond donors (Lipinski definition) is 0. The van der Waals surface area contributed by atoms with E-state index in [1.54, 1.807) is 19.4 Å². The molecule has 0 N–H and O–H groups in total. The Morgan fingerprint density at radius 2 is 2.31 bits per heavy atom. The zero-order chi connectivity index (χ0) is 9.68. The lowest BCUT2D eigenvalue weighted by atomic mass is 10.2. The minimum atomic E-state index is 0.145. The number of carbonyl (C=O) groups excluding carboxylic acids is 1. The molecule has 0 saturated carbocycles. The lowest BCUT2D eigenvalue weighted by Crippen LogP contribution is -2.02. The monoisotopic (exact) mass is 179 g/mol. The van der Waals surface area contributed by atoms with E-state index in [0.717, 1.165) is 5.71 Å². The van der Waals surface area contributed by atoms with E-state index in [-0.39, 0.29) is 5.78 Å². The summed E-state index contributed by atoms with van der Waals surface area (Å²) in [4.78, 5) is 18.8. The van der Waals surface area contributed by atoms with Crippen LogP contribution in [-0.4, -0.2) is 21.0 Å². The van der Waals surface area contributed by atoms with Crippen LogP contribution in [0.1, 0.15) is 20.3 Å². The molecule has 0 spiro atoms. The lowest BCUT2D eigenvalue weighted by Gasteiger charge is -1.98. The number of carbonyl (C=O) groups is 1. The van der Waals surface area contributed by atoms with Crippen molar-refractivity contribution in [2.75, 3.05) is 0 Å². The highest BCUT2D eigenvalue weighted by atomic mass is 16.1. The SMILES string of the molecule is CC(=O)CC(C)=NCn1ccnc1. The molecule has 1 aromatic heterocycles. The van der Waals surface area contributed by atoms with Crippen LogP contribution in [0.25, 0.3) is 0 Å². The van der Waals surface area contributed by atoms with Crippen LogP contribution in [-0.2, 0) is 11.5 Å². The van der Waals surface area contributed by atoms with Crippen molar-refractivity contribution in [2.45, 2.75) is 26.9 Å². The number of ketones is 1. The molecule has 1 aromatic rings. The van der Waals surface area contributed by atoms with E-state index in [1.165, 1.54) is 0 Å². The fourth-order valence-electron chi connectivity index (χ4n) is 0.989. The summed E-state index contributed by atoms with van der Waals surface area (Å²) in [6, 6.07) is 0. The van der Waals surface area contributed by atoms with Crippen molar-refractivity contribution in [3.63, 3.8) is 0 Å². The molecule has 0 aliphatic rings. The number of imidazole rings is 1. The molecule has 0 saturated heterocycles. The van der Waals surface area contributed by atoms with Gasteiger partial charge in [0.1, 0.15) is 12.5 Å². The van der Waals surface area contributed by atoms with Crippen LogP contribution >= 0.6 is 0 Å². The third kappa shape index (κ3) is 3.64. The first-order valence-corrected chi connectivity index (χ1v) is 4.13. The van der Waals surface area contributed by atoms with Crippen LogP contribution in [0.2, 0.25) is 0 Å². The predicted molar refractivity (Wildman–Crippen MR) is 50.6 cm³/mol. The lowest BCUT2D eigenvalue weighted by molar-refractivity contribution is -0.115. The van der Waals surface area contributed by atoms with Gasteiger partial charge in [0.05, 0.1) is 6.33 Å². The third-order valence-electron chi connectivity index (χ3n) is 1.57. The van der Waals surface area contributed by atoms with Crippen LogP contribution in [0.5, 0.6) is 0 Å². The summed E-state index contributed by atoms with van der Waals surface area (Å²) in [5.74, 6) is 0.145. The Labute approximate surface area is 77.3 Å². The molecule has 4 nitrogen and oxygen atoms in total. The standard InChI is InChI=1S/C9H13N3O/c1-8(5-9(2)13)11-7-12-4-3-10-6-12/h3-4,6H,5,7H2,1-2H3. The van der Waals surface area contributed by atoms with E-state index in [4.69, 9.17) is 0 Å².